The number of thioether (sulfide) groups is 1. The minimum atomic E-state index is -0.472. The van der Waals surface area contributed by atoms with Crippen LogP contribution in [0.2, 0.25) is 0 Å². The maximum absolute atomic E-state index is 12.2. The highest BCUT2D eigenvalue weighted by molar-refractivity contribution is 7.99. The van der Waals surface area contributed by atoms with E-state index in [0.29, 0.717) is 18.2 Å². The molecule has 1 aliphatic rings. The Hall–Kier alpha value is -1.34. The lowest BCUT2D eigenvalue weighted by molar-refractivity contribution is 0.0510. The topological polar surface area (TPSA) is 70.5 Å². The Balaban J connectivity index is 2.23. The number of rotatable bonds is 4. The molecule has 1 fully saturated rings. The van der Waals surface area contributed by atoms with Gasteiger partial charge in [0.15, 0.2) is 5.69 Å². The first-order chi connectivity index (χ1) is 8.76. The summed E-state index contributed by atoms with van der Waals surface area (Å²) in [5.41, 5.74) is 0.186. The Kier molecular flexibility index (Phi) is 4.38. The third kappa shape index (κ3) is 2.73. The number of hydrogen-bond donors (Lipinski definition) is 0. The molecule has 18 heavy (non-hydrogen) atoms. The van der Waals surface area contributed by atoms with Gasteiger partial charge in [-0.15, -0.1) is 0 Å². The smallest absolute Gasteiger partial charge is 0.246 e. The van der Waals surface area contributed by atoms with Gasteiger partial charge in [-0.2, -0.15) is 16.7 Å². The van der Waals surface area contributed by atoms with Crippen LogP contribution in [-0.2, 0) is 4.74 Å². The van der Waals surface area contributed by atoms with Gasteiger partial charge < -0.3 is 14.2 Å². The number of Topliss-reactive ketones (excluding diaryl/α,β-unsaturated/α-hetero) is 1. The van der Waals surface area contributed by atoms with Gasteiger partial charge in [-0.1, -0.05) is 0 Å². The fourth-order valence-corrected chi connectivity index (χ4v) is 2.40. The summed E-state index contributed by atoms with van der Waals surface area (Å²) in [6, 6.07) is 0. The Morgan fingerprint density at radius 1 is 1.50 bits per heavy atom. The Labute approximate surface area is 109 Å². The van der Waals surface area contributed by atoms with Crippen LogP contribution in [0.4, 0.5) is 0 Å². The summed E-state index contributed by atoms with van der Waals surface area (Å²) in [6.45, 7) is 0.576. The molecule has 1 aliphatic heterocycles. The number of ether oxygens (including phenoxy) is 3. The summed E-state index contributed by atoms with van der Waals surface area (Å²) in [7, 11) is 2.92. The van der Waals surface area contributed by atoms with Gasteiger partial charge in [-0.3, -0.25) is 4.79 Å². The van der Waals surface area contributed by atoms with Crippen LogP contribution in [0.5, 0.6) is 11.8 Å². The predicted molar refractivity (Wildman–Crippen MR) is 66.5 cm³/mol. The first kappa shape index (κ1) is 13.1. The van der Waals surface area contributed by atoms with Crippen LogP contribution in [0.1, 0.15) is 10.5 Å². The second-order valence-corrected chi connectivity index (χ2v) is 4.72. The summed E-state index contributed by atoms with van der Waals surface area (Å²) < 4.78 is 15.4. The van der Waals surface area contributed by atoms with E-state index in [1.165, 1.54) is 20.4 Å². The quantitative estimate of drug-likeness (QED) is 0.750. The summed E-state index contributed by atoms with van der Waals surface area (Å²) >= 11 is 1.69. The van der Waals surface area contributed by atoms with Crippen molar-refractivity contribution in [3.05, 3.63) is 11.9 Å². The highest BCUT2D eigenvalue weighted by Gasteiger charge is 2.28. The van der Waals surface area contributed by atoms with E-state index in [1.807, 2.05) is 0 Å². The monoisotopic (exact) mass is 270 g/mol. The third-order valence-electron chi connectivity index (χ3n) is 2.46. The standard InChI is InChI=1S/C11H14N2O4S/c1-15-8-5-12-9(11(13-8)16-2)10(14)7-6-18-4-3-17-7/h5,7H,3-4,6H2,1-2H3. The minimum Gasteiger partial charge on any atom is -0.480 e. The molecule has 2 rings (SSSR count). The largest absolute Gasteiger partial charge is 0.480 e. The van der Waals surface area contributed by atoms with E-state index >= 15 is 0 Å². The lowest BCUT2D eigenvalue weighted by Crippen LogP contribution is -2.32. The van der Waals surface area contributed by atoms with Gasteiger partial charge in [0.1, 0.15) is 6.10 Å². The molecule has 0 aromatic carbocycles. The molecule has 1 atom stereocenters. The van der Waals surface area contributed by atoms with E-state index in [4.69, 9.17) is 14.2 Å². The van der Waals surface area contributed by atoms with Gasteiger partial charge in [-0.25, -0.2) is 4.98 Å². The summed E-state index contributed by atoms with van der Waals surface area (Å²) in [5.74, 6) is 1.82. The number of ketones is 1. The number of carbonyl (C=O) groups is 1. The molecule has 1 saturated heterocycles. The minimum absolute atomic E-state index is 0.165. The summed E-state index contributed by atoms with van der Waals surface area (Å²) in [4.78, 5) is 20.3. The number of methoxy groups -OCH3 is 2. The molecular formula is C11H14N2O4S. The zero-order chi connectivity index (χ0) is 13.0. The molecule has 0 saturated carbocycles. The highest BCUT2D eigenvalue weighted by Crippen LogP contribution is 2.22. The maximum Gasteiger partial charge on any atom is 0.246 e. The first-order valence-electron chi connectivity index (χ1n) is 5.45. The highest BCUT2D eigenvalue weighted by atomic mass is 32.2. The SMILES string of the molecule is COc1cnc(C(=O)C2CSCCO2)c(OC)n1. The molecule has 1 aromatic heterocycles. The molecule has 1 unspecified atom stereocenters. The Morgan fingerprint density at radius 3 is 2.94 bits per heavy atom. The van der Waals surface area contributed by atoms with E-state index in [1.54, 1.807) is 11.8 Å². The number of nitrogens with zero attached hydrogens (tertiary/aromatic N) is 2. The van der Waals surface area contributed by atoms with Gasteiger partial charge >= 0.3 is 0 Å². The van der Waals surface area contributed by atoms with Gasteiger partial charge in [-0.05, 0) is 0 Å². The zero-order valence-electron chi connectivity index (χ0n) is 10.2. The zero-order valence-corrected chi connectivity index (χ0v) is 11.0. The molecule has 1 aromatic rings. The van der Waals surface area contributed by atoms with Gasteiger partial charge in [0.25, 0.3) is 0 Å². The van der Waals surface area contributed by atoms with Crippen molar-refractivity contribution in [1.29, 1.82) is 0 Å². The van der Waals surface area contributed by atoms with E-state index in [0.717, 1.165) is 5.75 Å². The second-order valence-electron chi connectivity index (χ2n) is 3.57. The van der Waals surface area contributed by atoms with Crippen molar-refractivity contribution in [2.24, 2.45) is 0 Å². The number of aromatic nitrogens is 2. The average molecular weight is 270 g/mol. The van der Waals surface area contributed by atoms with Crippen molar-refractivity contribution in [1.82, 2.24) is 9.97 Å². The van der Waals surface area contributed by atoms with Crippen LogP contribution in [0.25, 0.3) is 0 Å². The maximum atomic E-state index is 12.2. The van der Waals surface area contributed by atoms with Crippen molar-refractivity contribution < 1.29 is 19.0 Å². The van der Waals surface area contributed by atoms with Gasteiger partial charge in [0.2, 0.25) is 17.5 Å². The summed E-state index contributed by atoms with van der Waals surface area (Å²) in [5, 5.41) is 0. The van der Waals surface area contributed by atoms with Crippen molar-refractivity contribution in [3.8, 4) is 11.8 Å². The molecule has 98 valence electrons. The van der Waals surface area contributed by atoms with Crippen molar-refractivity contribution in [2.45, 2.75) is 6.10 Å². The van der Waals surface area contributed by atoms with Crippen LogP contribution >= 0.6 is 11.8 Å². The van der Waals surface area contributed by atoms with Crippen molar-refractivity contribution >= 4 is 17.5 Å². The van der Waals surface area contributed by atoms with Gasteiger partial charge in [0, 0.05) is 11.5 Å². The molecule has 6 nitrogen and oxygen atoms in total. The second kappa shape index (κ2) is 6.01. The molecular weight excluding hydrogens is 256 g/mol. The average Bonchev–Trinajstić information content (AvgIpc) is 2.46. The Morgan fingerprint density at radius 2 is 2.33 bits per heavy atom. The van der Waals surface area contributed by atoms with Crippen molar-refractivity contribution in [2.75, 3.05) is 32.3 Å². The Bertz CT molecular complexity index is 435. The predicted octanol–water partition coefficient (Wildman–Crippen LogP) is 0.808. The molecule has 2 heterocycles. The van der Waals surface area contributed by atoms with E-state index < -0.39 is 6.10 Å². The van der Waals surface area contributed by atoms with Crippen molar-refractivity contribution in [3.63, 3.8) is 0 Å². The molecule has 0 spiro atoms. The molecule has 0 bridgehead atoms. The lowest BCUT2D eigenvalue weighted by Gasteiger charge is -2.21. The number of hydrogen-bond acceptors (Lipinski definition) is 7. The van der Waals surface area contributed by atoms with E-state index in [-0.39, 0.29) is 17.4 Å². The fourth-order valence-electron chi connectivity index (χ4n) is 1.56. The van der Waals surface area contributed by atoms with Crippen LogP contribution < -0.4 is 9.47 Å². The van der Waals surface area contributed by atoms with Crippen LogP contribution in [0, 0.1) is 0 Å². The summed E-state index contributed by atoms with van der Waals surface area (Å²) in [6.07, 6.45) is 0.923. The van der Waals surface area contributed by atoms with E-state index in [2.05, 4.69) is 9.97 Å². The molecule has 7 heteroatoms. The normalized spacial score (nSPS) is 19.3. The van der Waals surface area contributed by atoms with Crippen LogP contribution in [0.3, 0.4) is 0 Å². The fraction of sp³-hybridized carbons (Fsp3) is 0.545. The molecule has 0 amide bonds. The van der Waals surface area contributed by atoms with E-state index in [9.17, 15) is 4.79 Å². The molecule has 0 radical (unpaired) electrons. The van der Waals surface area contributed by atoms with Gasteiger partial charge in [0.05, 0.1) is 27.0 Å². The molecule has 0 aliphatic carbocycles. The molecule has 0 N–H and O–H groups in total. The van der Waals surface area contributed by atoms with Crippen LogP contribution in [0.15, 0.2) is 6.20 Å². The third-order valence-corrected chi connectivity index (χ3v) is 3.46. The first-order valence-corrected chi connectivity index (χ1v) is 6.60. The van der Waals surface area contributed by atoms with Crippen LogP contribution in [-0.4, -0.2) is 54.2 Å². The lowest BCUT2D eigenvalue weighted by atomic mass is 10.2. The number of carbonyl (C=O) groups excluding carboxylic acids is 1.